The molecule has 0 radical (unpaired) electrons. The molecule has 0 aromatic heterocycles. The Hall–Kier alpha value is -2.46. The fourth-order valence-electron chi connectivity index (χ4n) is 2.19. The number of benzene rings is 2. The van der Waals surface area contributed by atoms with Gasteiger partial charge in [0.15, 0.2) is 0 Å². The summed E-state index contributed by atoms with van der Waals surface area (Å²) in [7, 11) is -1.94. The second-order valence-corrected chi connectivity index (χ2v) is 11.5. The van der Waals surface area contributed by atoms with Crippen molar-refractivity contribution in [1.82, 2.24) is 0 Å². The van der Waals surface area contributed by atoms with E-state index in [-0.39, 0.29) is 12.0 Å². The summed E-state index contributed by atoms with van der Waals surface area (Å²) >= 11 is 0. The van der Waals surface area contributed by atoms with Crippen molar-refractivity contribution < 1.29 is 14.3 Å². The maximum Gasteiger partial charge on any atom is 0.331 e. The molecule has 0 aliphatic heterocycles. The zero-order valence-corrected chi connectivity index (χ0v) is 15.3. The van der Waals surface area contributed by atoms with E-state index in [1.807, 2.05) is 74.2 Å². The minimum atomic E-state index is -1.94. The van der Waals surface area contributed by atoms with Crippen LogP contribution < -0.4 is 0 Å². The lowest BCUT2D eigenvalue weighted by atomic mass is 10.1. The van der Waals surface area contributed by atoms with Crippen LogP contribution in [-0.2, 0) is 16.1 Å². The molecule has 0 N–H and O–H groups in total. The monoisotopic (exact) mass is 338 g/mol. The Morgan fingerprint density at radius 2 is 1.58 bits per heavy atom. The van der Waals surface area contributed by atoms with Crippen molar-refractivity contribution in [1.29, 1.82) is 0 Å². The largest absolute Gasteiger partial charge is 0.458 e. The van der Waals surface area contributed by atoms with Crippen molar-refractivity contribution in [3.05, 3.63) is 77.4 Å². The Balaban J connectivity index is 2.06. The Bertz CT molecular complexity index is 743. The smallest absolute Gasteiger partial charge is 0.331 e. The molecule has 0 saturated carbocycles. The van der Waals surface area contributed by atoms with Gasteiger partial charge >= 0.3 is 5.97 Å². The van der Waals surface area contributed by atoms with Crippen LogP contribution in [0, 0.1) is 0 Å². The standard InChI is InChI=1S/C20H22O3Si/c1-24(2,3)20(22)18-12-8-7-11-17(18)13-14-19(21)23-15-16-9-5-4-6-10-16/h4-14H,15H2,1-3H3/b14-13+. The van der Waals surface area contributed by atoms with E-state index in [1.165, 1.54) is 6.08 Å². The van der Waals surface area contributed by atoms with E-state index in [9.17, 15) is 9.59 Å². The van der Waals surface area contributed by atoms with Crippen LogP contribution >= 0.6 is 0 Å². The highest BCUT2D eigenvalue weighted by Gasteiger charge is 2.26. The zero-order chi connectivity index (χ0) is 17.6. The molecule has 2 aromatic carbocycles. The lowest BCUT2D eigenvalue weighted by molar-refractivity contribution is -0.138. The highest BCUT2D eigenvalue weighted by atomic mass is 28.3. The van der Waals surface area contributed by atoms with E-state index in [1.54, 1.807) is 6.08 Å². The predicted molar refractivity (Wildman–Crippen MR) is 99.4 cm³/mol. The number of ether oxygens (including phenoxy) is 1. The molecule has 4 heteroatoms. The number of hydrogen-bond donors (Lipinski definition) is 0. The van der Waals surface area contributed by atoms with Gasteiger partial charge in [-0.25, -0.2) is 4.79 Å². The van der Waals surface area contributed by atoms with Crippen LogP contribution in [0.25, 0.3) is 6.08 Å². The molecule has 3 nitrogen and oxygen atoms in total. The summed E-state index contributed by atoms with van der Waals surface area (Å²) in [6, 6.07) is 16.9. The fraction of sp³-hybridized carbons (Fsp3) is 0.200. The Morgan fingerprint density at radius 1 is 0.958 bits per heavy atom. The summed E-state index contributed by atoms with van der Waals surface area (Å²) in [5.74, 6) is -0.422. The second kappa shape index (κ2) is 7.88. The minimum Gasteiger partial charge on any atom is -0.458 e. The first-order valence-electron chi connectivity index (χ1n) is 7.90. The van der Waals surface area contributed by atoms with E-state index < -0.39 is 14.0 Å². The van der Waals surface area contributed by atoms with Gasteiger partial charge in [-0.1, -0.05) is 74.2 Å². The number of rotatable bonds is 6. The Morgan fingerprint density at radius 3 is 2.25 bits per heavy atom. The quantitative estimate of drug-likeness (QED) is 0.442. The molecule has 2 aromatic rings. The van der Waals surface area contributed by atoms with Crippen molar-refractivity contribution in [3.63, 3.8) is 0 Å². The number of esters is 1. The van der Waals surface area contributed by atoms with Gasteiger partial charge in [0.05, 0.1) is 0 Å². The van der Waals surface area contributed by atoms with Crippen LogP contribution in [-0.4, -0.2) is 19.4 Å². The Labute approximate surface area is 144 Å². The third-order valence-electron chi connectivity index (χ3n) is 3.51. The van der Waals surface area contributed by atoms with E-state index in [4.69, 9.17) is 4.74 Å². The first-order valence-corrected chi connectivity index (χ1v) is 11.4. The average Bonchev–Trinajstić information content (AvgIpc) is 2.58. The topological polar surface area (TPSA) is 43.4 Å². The van der Waals surface area contributed by atoms with Crippen LogP contribution in [0.15, 0.2) is 60.7 Å². The number of carbonyl (C=O) groups is 2. The molecule has 2 rings (SSSR count). The van der Waals surface area contributed by atoms with Crippen molar-refractivity contribution in [3.8, 4) is 0 Å². The van der Waals surface area contributed by atoms with E-state index in [0.29, 0.717) is 5.56 Å². The molecule has 0 atom stereocenters. The van der Waals surface area contributed by atoms with E-state index >= 15 is 0 Å². The SMILES string of the molecule is C[Si](C)(C)C(=O)c1ccccc1/C=C/C(=O)OCc1ccccc1. The molecule has 0 aliphatic carbocycles. The fourth-order valence-corrected chi connectivity index (χ4v) is 3.22. The summed E-state index contributed by atoms with van der Waals surface area (Å²) in [4.78, 5) is 24.4. The lowest BCUT2D eigenvalue weighted by Gasteiger charge is -2.15. The molecular weight excluding hydrogens is 316 g/mol. The molecule has 0 fully saturated rings. The minimum absolute atomic E-state index is 0.181. The number of carbonyl (C=O) groups excluding carboxylic acids is 2. The highest BCUT2D eigenvalue weighted by Crippen LogP contribution is 2.17. The van der Waals surface area contributed by atoms with Gasteiger partial charge in [0, 0.05) is 11.6 Å². The molecule has 0 spiro atoms. The Kier molecular flexibility index (Phi) is 5.87. The summed E-state index contributed by atoms with van der Waals surface area (Å²) in [5.41, 5.74) is 2.36. The van der Waals surface area contributed by atoms with Gasteiger partial charge in [-0.15, -0.1) is 0 Å². The molecule has 0 unspecified atom stereocenters. The zero-order valence-electron chi connectivity index (χ0n) is 14.3. The first kappa shape index (κ1) is 17.9. The van der Waals surface area contributed by atoms with Gasteiger partial charge in [-0.3, -0.25) is 0 Å². The molecule has 0 bridgehead atoms. The van der Waals surface area contributed by atoms with Gasteiger partial charge in [-0.2, -0.15) is 0 Å². The highest BCUT2D eigenvalue weighted by molar-refractivity contribution is 7.05. The van der Waals surface area contributed by atoms with Crippen LogP contribution in [0.1, 0.15) is 21.5 Å². The molecular formula is C20H22O3Si. The van der Waals surface area contributed by atoms with E-state index in [0.717, 1.165) is 11.1 Å². The van der Waals surface area contributed by atoms with Gasteiger partial charge in [-0.05, 0) is 17.2 Å². The first-order chi connectivity index (χ1) is 11.4. The van der Waals surface area contributed by atoms with Gasteiger partial charge in [0.1, 0.15) is 20.1 Å². The number of hydrogen-bond acceptors (Lipinski definition) is 3. The van der Waals surface area contributed by atoms with Crippen molar-refractivity contribution in [2.45, 2.75) is 26.2 Å². The van der Waals surface area contributed by atoms with Crippen LogP contribution in [0.2, 0.25) is 19.6 Å². The normalized spacial score (nSPS) is 11.5. The molecule has 0 amide bonds. The van der Waals surface area contributed by atoms with Gasteiger partial charge in [0.2, 0.25) is 0 Å². The second-order valence-electron chi connectivity index (χ2n) is 6.59. The average molecular weight is 338 g/mol. The third-order valence-corrected chi connectivity index (χ3v) is 5.14. The molecule has 0 heterocycles. The summed E-state index contributed by atoms with van der Waals surface area (Å²) in [6.45, 7) is 6.29. The van der Waals surface area contributed by atoms with Gasteiger partial charge < -0.3 is 9.53 Å². The van der Waals surface area contributed by atoms with E-state index in [2.05, 4.69) is 0 Å². The lowest BCUT2D eigenvalue weighted by Crippen LogP contribution is -2.33. The van der Waals surface area contributed by atoms with Crippen molar-refractivity contribution in [2.24, 2.45) is 0 Å². The van der Waals surface area contributed by atoms with Crippen molar-refractivity contribution in [2.75, 3.05) is 0 Å². The van der Waals surface area contributed by atoms with Crippen LogP contribution in [0.5, 0.6) is 0 Å². The molecule has 0 aliphatic rings. The molecule has 124 valence electrons. The summed E-state index contributed by atoms with van der Waals surface area (Å²) < 4.78 is 5.22. The summed E-state index contributed by atoms with van der Waals surface area (Å²) in [5, 5.41) is 0.181. The maximum atomic E-state index is 12.6. The third kappa shape index (κ3) is 5.03. The van der Waals surface area contributed by atoms with Crippen molar-refractivity contribution >= 4 is 25.5 Å². The van der Waals surface area contributed by atoms with Crippen LogP contribution in [0.3, 0.4) is 0 Å². The summed E-state index contributed by atoms with van der Waals surface area (Å²) in [6.07, 6.45) is 3.03. The maximum absolute atomic E-state index is 12.6. The predicted octanol–water partition coefficient (Wildman–Crippen LogP) is 4.50. The van der Waals surface area contributed by atoms with Gasteiger partial charge in [0.25, 0.3) is 0 Å². The molecule has 24 heavy (non-hydrogen) atoms. The molecule has 0 saturated heterocycles. The van der Waals surface area contributed by atoms with Crippen LogP contribution in [0.4, 0.5) is 0 Å².